The van der Waals surface area contributed by atoms with Gasteiger partial charge in [0.1, 0.15) is 0 Å². The van der Waals surface area contributed by atoms with E-state index in [1.807, 2.05) is 0 Å². The third kappa shape index (κ3) is 0.867. The lowest BCUT2D eigenvalue weighted by atomic mass is 9.98. The minimum Gasteiger partial charge on any atom is -0.327 e. The number of hydrogen-bond donors (Lipinski definition) is 1. The largest absolute Gasteiger partial charge is 0.327 e. The van der Waals surface area contributed by atoms with E-state index in [0.717, 1.165) is 11.8 Å². The Labute approximate surface area is 62.4 Å². The number of hydrogen-bond acceptors (Lipinski definition) is 2. The van der Waals surface area contributed by atoms with Crippen LogP contribution in [0.15, 0.2) is 0 Å². The Morgan fingerprint density at radius 2 is 2.10 bits per heavy atom. The van der Waals surface area contributed by atoms with Crippen molar-refractivity contribution in [2.45, 2.75) is 18.9 Å². The van der Waals surface area contributed by atoms with Gasteiger partial charge in [0.15, 0.2) is 0 Å². The van der Waals surface area contributed by atoms with E-state index < -0.39 is 0 Å². The van der Waals surface area contributed by atoms with Crippen molar-refractivity contribution in [1.29, 1.82) is 0 Å². The maximum absolute atomic E-state index is 5.96. The molecule has 2 heteroatoms. The van der Waals surface area contributed by atoms with Gasteiger partial charge in [0.25, 0.3) is 0 Å². The summed E-state index contributed by atoms with van der Waals surface area (Å²) in [5.41, 5.74) is 5.96. The van der Waals surface area contributed by atoms with Crippen LogP contribution in [0.3, 0.4) is 0 Å². The molecule has 2 rings (SSSR count). The molecule has 2 N–H and O–H groups in total. The monoisotopic (exact) mass is 140 g/mol. The zero-order chi connectivity index (χ0) is 7.14. The second kappa shape index (κ2) is 2.21. The van der Waals surface area contributed by atoms with E-state index in [-0.39, 0.29) is 0 Å². The Morgan fingerprint density at radius 3 is 2.80 bits per heavy atom. The van der Waals surface area contributed by atoms with Crippen molar-refractivity contribution >= 4 is 0 Å². The first-order chi connectivity index (χ1) is 4.77. The third-order valence-electron chi connectivity index (χ3n) is 3.09. The van der Waals surface area contributed by atoms with Gasteiger partial charge in [0, 0.05) is 19.1 Å². The summed E-state index contributed by atoms with van der Waals surface area (Å²) in [6.45, 7) is 2.53. The van der Waals surface area contributed by atoms with Crippen molar-refractivity contribution in [2.75, 3.05) is 20.1 Å². The smallest absolute Gasteiger partial charge is 0.00826 e. The van der Waals surface area contributed by atoms with Crippen LogP contribution in [0.5, 0.6) is 0 Å². The molecular formula is C8H16N2. The quantitative estimate of drug-likeness (QED) is 0.524. The van der Waals surface area contributed by atoms with Gasteiger partial charge >= 0.3 is 0 Å². The van der Waals surface area contributed by atoms with Crippen molar-refractivity contribution in [3.05, 3.63) is 0 Å². The average Bonchev–Trinajstić information content (AvgIpc) is 2.35. The van der Waals surface area contributed by atoms with Crippen LogP contribution in [0, 0.1) is 11.8 Å². The minimum atomic E-state index is 0.509. The Kier molecular flexibility index (Phi) is 1.46. The molecule has 3 atom stereocenters. The molecule has 0 amide bonds. The summed E-state index contributed by atoms with van der Waals surface area (Å²) in [5.74, 6) is 1.75. The SMILES string of the molecule is CN1C[C@H]2CC[C@H](N)[C@H]2C1. The summed E-state index contributed by atoms with van der Waals surface area (Å²) in [6.07, 6.45) is 2.64. The highest BCUT2D eigenvalue weighted by atomic mass is 15.1. The number of fused-ring (bicyclic) bond motifs is 1. The van der Waals surface area contributed by atoms with Gasteiger partial charge in [-0.05, 0) is 31.7 Å². The standard InChI is InChI=1S/C8H16N2/c1-10-4-6-2-3-8(9)7(6)5-10/h6-8H,2-5,9H2,1H3/t6-,7+,8+/m1/s1. The van der Waals surface area contributed by atoms with Gasteiger partial charge in [-0.3, -0.25) is 0 Å². The topological polar surface area (TPSA) is 29.3 Å². The summed E-state index contributed by atoms with van der Waals surface area (Å²) >= 11 is 0. The van der Waals surface area contributed by atoms with Gasteiger partial charge in [0.05, 0.1) is 0 Å². The molecule has 58 valence electrons. The first kappa shape index (κ1) is 6.62. The average molecular weight is 140 g/mol. The molecule has 0 unspecified atom stereocenters. The highest BCUT2D eigenvalue weighted by Gasteiger charge is 2.39. The van der Waals surface area contributed by atoms with Crippen molar-refractivity contribution in [1.82, 2.24) is 4.90 Å². The lowest BCUT2D eigenvalue weighted by Crippen LogP contribution is -2.29. The molecule has 2 aliphatic rings. The molecule has 0 aromatic rings. The van der Waals surface area contributed by atoms with Gasteiger partial charge in [-0.1, -0.05) is 0 Å². The third-order valence-corrected chi connectivity index (χ3v) is 3.09. The number of nitrogens with zero attached hydrogens (tertiary/aromatic N) is 1. The fourth-order valence-electron chi connectivity index (χ4n) is 2.53. The van der Waals surface area contributed by atoms with Crippen molar-refractivity contribution in [3.8, 4) is 0 Å². The molecule has 0 aromatic carbocycles. The molecule has 0 aromatic heterocycles. The molecule has 0 radical (unpaired) electrons. The van der Waals surface area contributed by atoms with Gasteiger partial charge < -0.3 is 10.6 Å². The number of likely N-dealkylation sites (tertiary alicyclic amines) is 1. The van der Waals surface area contributed by atoms with E-state index in [0.29, 0.717) is 6.04 Å². The fraction of sp³-hybridized carbons (Fsp3) is 1.00. The Hall–Kier alpha value is -0.0800. The van der Waals surface area contributed by atoms with E-state index in [4.69, 9.17) is 5.73 Å². The molecule has 2 nitrogen and oxygen atoms in total. The summed E-state index contributed by atoms with van der Waals surface area (Å²) in [5, 5.41) is 0. The molecule has 1 saturated heterocycles. The van der Waals surface area contributed by atoms with Gasteiger partial charge in [-0.2, -0.15) is 0 Å². The van der Waals surface area contributed by atoms with Crippen LogP contribution in [0.1, 0.15) is 12.8 Å². The molecule has 0 spiro atoms. The Morgan fingerprint density at radius 1 is 1.30 bits per heavy atom. The van der Waals surface area contributed by atoms with Gasteiger partial charge in [-0.25, -0.2) is 0 Å². The Bertz CT molecular complexity index is 135. The van der Waals surface area contributed by atoms with Crippen molar-refractivity contribution in [2.24, 2.45) is 17.6 Å². The lowest BCUT2D eigenvalue weighted by Gasteiger charge is -2.12. The fourth-order valence-corrected chi connectivity index (χ4v) is 2.53. The molecule has 10 heavy (non-hydrogen) atoms. The van der Waals surface area contributed by atoms with E-state index in [1.165, 1.54) is 25.9 Å². The molecule has 1 heterocycles. The van der Waals surface area contributed by atoms with Crippen LogP contribution in [-0.4, -0.2) is 31.1 Å². The molecule has 0 bridgehead atoms. The summed E-state index contributed by atoms with van der Waals surface area (Å²) in [7, 11) is 2.20. The maximum atomic E-state index is 5.96. The molecular weight excluding hydrogens is 124 g/mol. The van der Waals surface area contributed by atoms with Crippen LogP contribution in [0.2, 0.25) is 0 Å². The van der Waals surface area contributed by atoms with Gasteiger partial charge in [0.2, 0.25) is 0 Å². The molecule has 1 aliphatic heterocycles. The van der Waals surface area contributed by atoms with Crippen LogP contribution in [-0.2, 0) is 0 Å². The molecule has 1 aliphatic carbocycles. The second-order valence-electron chi connectivity index (χ2n) is 3.89. The predicted octanol–water partition coefficient (Wildman–Crippen LogP) is 0.285. The summed E-state index contributed by atoms with van der Waals surface area (Å²) < 4.78 is 0. The maximum Gasteiger partial charge on any atom is 0.00826 e. The van der Waals surface area contributed by atoms with E-state index in [9.17, 15) is 0 Å². The van der Waals surface area contributed by atoms with Crippen LogP contribution in [0.25, 0.3) is 0 Å². The normalized spacial score (nSPS) is 48.0. The summed E-state index contributed by atoms with van der Waals surface area (Å²) in [6, 6.07) is 0.509. The van der Waals surface area contributed by atoms with E-state index in [1.54, 1.807) is 0 Å². The highest BCUT2D eigenvalue weighted by Crippen LogP contribution is 2.36. The van der Waals surface area contributed by atoms with Crippen molar-refractivity contribution in [3.63, 3.8) is 0 Å². The van der Waals surface area contributed by atoms with Crippen LogP contribution < -0.4 is 5.73 Å². The molecule has 1 saturated carbocycles. The van der Waals surface area contributed by atoms with E-state index >= 15 is 0 Å². The first-order valence-corrected chi connectivity index (χ1v) is 4.21. The predicted molar refractivity (Wildman–Crippen MR) is 41.7 cm³/mol. The number of nitrogens with two attached hydrogens (primary N) is 1. The van der Waals surface area contributed by atoms with Crippen molar-refractivity contribution < 1.29 is 0 Å². The molecule has 2 fully saturated rings. The number of rotatable bonds is 0. The van der Waals surface area contributed by atoms with Crippen LogP contribution in [0.4, 0.5) is 0 Å². The zero-order valence-corrected chi connectivity index (χ0v) is 6.59. The lowest BCUT2D eigenvalue weighted by molar-refractivity contribution is 0.368. The zero-order valence-electron chi connectivity index (χ0n) is 6.59. The van der Waals surface area contributed by atoms with E-state index in [2.05, 4.69) is 11.9 Å². The second-order valence-corrected chi connectivity index (χ2v) is 3.89. The highest BCUT2D eigenvalue weighted by molar-refractivity contribution is 4.94. The Balaban J connectivity index is 2.05. The van der Waals surface area contributed by atoms with Crippen LogP contribution >= 0.6 is 0 Å². The minimum absolute atomic E-state index is 0.509. The summed E-state index contributed by atoms with van der Waals surface area (Å²) in [4.78, 5) is 2.41. The van der Waals surface area contributed by atoms with Gasteiger partial charge in [-0.15, -0.1) is 0 Å². The first-order valence-electron chi connectivity index (χ1n) is 4.21.